The van der Waals surface area contributed by atoms with Crippen LogP contribution in [0.1, 0.15) is 20.8 Å². The number of alkyl carbamates (subject to hydrolysis) is 1. The molecular weight excluding hydrogens is 322 g/mol. The quantitative estimate of drug-likeness (QED) is 0.557. The van der Waals surface area contributed by atoms with E-state index in [2.05, 4.69) is 19.5 Å². The first-order chi connectivity index (χ1) is 11.1. The van der Waals surface area contributed by atoms with Crippen molar-refractivity contribution in [2.24, 2.45) is 17.8 Å². The number of carbonyl (C=O) groups is 4. The third kappa shape index (κ3) is 4.59. The van der Waals surface area contributed by atoms with Crippen LogP contribution < -0.4 is 5.32 Å². The van der Waals surface area contributed by atoms with Gasteiger partial charge in [-0.2, -0.15) is 0 Å². The fourth-order valence-corrected chi connectivity index (χ4v) is 2.50. The average molecular weight is 345 g/mol. The summed E-state index contributed by atoms with van der Waals surface area (Å²) in [7, 11) is 3.47. The van der Waals surface area contributed by atoms with Gasteiger partial charge in [0.2, 0.25) is 0 Å². The molecule has 0 aromatic carbocycles. The van der Waals surface area contributed by atoms with E-state index in [1.54, 1.807) is 20.8 Å². The van der Waals surface area contributed by atoms with E-state index in [4.69, 9.17) is 4.74 Å². The maximum absolute atomic E-state index is 12.0. The first-order valence-electron chi connectivity index (χ1n) is 7.30. The summed E-state index contributed by atoms with van der Waals surface area (Å²) in [6, 6.07) is -1.24. The Labute approximate surface area is 139 Å². The molecule has 0 aromatic heterocycles. The standard InChI is InChI=1S/C15H23NO8/c1-15(2,3)24-14(20)16-10(13(19)23-6)7-8(11(17)21-4)9(7)12(18)22-5/h7-10H,1-6H3,(H,16,20)/t7?,8-,9?,10-/m0/s1. The van der Waals surface area contributed by atoms with Gasteiger partial charge in [0, 0.05) is 5.92 Å². The highest BCUT2D eigenvalue weighted by molar-refractivity contribution is 5.92. The van der Waals surface area contributed by atoms with Crippen molar-refractivity contribution in [3.63, 3.8) is 0 Å². The lowest BCUT2D eigenvalue weighted by Crippen LogP contribution is -2.46. The van der Waals surface area contributed by atoms with Crippen molar-refractivity contribution in [1.82, 2.24) is 5.32 Å². The lowest BCUT2D eigenvalue weighted by atomic mass is 10.1. The van der Waals surface area contributed by atoms with Gasteiger partial charge in [-0.05, 0) is 20.8 Å². The number of hydrogen-bond acceptors (Lipinski definition) is 8. The molecule has 1 aliphatic carbocycles. The van der Waals surface area contributed by atoms with Gasteiger partial charge in [-0.3, -0.25) is 9.59 Å². The van der Waals surface area contributed by atoms with Gasteiger partial charge in [0.1, 0.15) is 11.6 Å². The van der Waals surface area contributed by atoms with Crippen molar-refractivity contribution < 1.29 is 38.1 Å². The van der Waals surface area contributed by atoms with Gasteiger partial charge in [0.15, 0.2) is 0 Å². The second-order valence-corrected chi connectivity index (χ2v) is 6.32. The lowest BCUT2D eigenvalue weighted by molar-refractivity contribution is -0.148. The monoisotopic (exact) mass is 345 g/mol. The van der Waals surface area contributed by atoms with E-state index in [9.17, 15) is 19.2 Å². The van der Waals surface area contributed by atoms with Crippen LogP contribution in [0.15, 0.2) is 0 Å². The first-order valence-corrected chi connectivity index (χ1v) is 7.30. The molecule has 0 spiro atoms. The maximum Gasteiger partial charge on any atom is 0.408 e. The number of carbonyl (C=O) groups excluding carboxylic acids is 4. The van der Waals surface area contributed by atoms with E-state index in [1.807, 2.05) is 0 Å². The van der Waals surface area contributed by atoms with Crippen LogP contribution in [0.4, 0.5) is 4.79 Å². The summed E-state index contributed by atoms with van der Waals surface area (Å²) in [6.07, 6.45) is -0.864. The molecule has 0 saturated heterocycles. The fraction of sp³-hybridized carbons (Fsp3) is 0.733. The predicted octanol–water partition coefficient (Wildman–Crippen LogP) is 0.261. The second kappa shape index (κ2) is 7.50. The van der Waals surface area contributed by atoms with Crippen LogP contribution in [0, 0.1) is 17.8 Å². The van der Waals surface area contributed by atoms with Crippen molar-refractivity contribution in [3.8, 4) is 0 Å². The Bertz CT molecular complexity index is 502. The van der Waals surface area contributed by atoms with E-state index in [1.165, 1.54) is 14.2 Å². The third-order valence-corrected chi connectivity index (χ3v) is 3.53. The number of ether oxygens (including phenoxy) is 4. The molecule has 1 amide bonds. The van der Waals surface area contributed by atoms with Gasteiger partial charge in [-0.15, -0.1) is 0 Å². The fourth-order valence-electron chi connectivity index (χ4n) is 2.50. The summed E-state index contributed by atoms with van der Waals surface area (Å²) in [6.45, 7) is 4.97. The molecule has 1 rings (SSSR count). The van der Waals surface area contributed by atoms with E-state index in [0.717, 1.165) is 7.11 Å². The molecule has 4 atom stereocenters. The molecule has 9 heteroatoms. The summed E-state index contributed by atoms with van der Waals surface area (Å²) in [5.74, 6) is -4.77. The lowest BCUT2D eigenvalue weighted by Gasteiger charge is -2.22. The molecule has 1 saturated carbocycles. The molecule has 0 heterocycles. The zero-order chi connectivity index (χ0) is 18.7. The Balaban J connectivity index is 2.98. The molecule has 1 aliphatic rings. The molecule has 2 unspecified atom stereocenters. The Morgan fingerprint density at radius 2 is 1.33 bits per heavy atom. The molecule has 136 valence electrons. The van der Waals surface area contributed by atoms with Crippen LogP contribution in [0.5, 0.6) is 0 Å². The van der Waals surface area contributed by atoms with Crippen LogP contribution in [-0.4, -0.2) is 57.0 Å². The van der Waals surface area contributed by atoms with Gasteiger partial charge in [-0.1, -0.05) is 0 Å². The minimum absolute atomic E-state index is 0.671. The van der Waals surface area contributed by atoms with Crippen LogP contribution in [0.2, 0.25) is 0 Å². The minimum Gasteiger partial charge on any atom is -0.469 e. The molecular formula is C15H23NO8. The minimum atomic E-state index is -1.24. The number of esters is 3. The van der Waals surface area contributed by atoms with Gasteiger partial charge < -0.3 is 24.3 Å². The Hall–Kier alpha value is -2.32. The maximum atomic E-state index is 12.0. The molecule has 9 nitrogen and oxygen atoms in total. The number of nitrogens with one attached hydrogen (secondary N) is 1. The summed E-state index contributed by atoms with van der Waals surface area (Å²) in [5.41, 5.74) is -0.780. The second-order valence-electron chi connectivity index (χ2n) is 6.32. The van der Waals surface area contributed by atoms with Crippen molar-refractivity contribution in [3.05, 3.63) is 0 Å². The molecule has 0 aliphatic heterocycles. The summed E-state index contributed by atoms with van der Waals surface area (Å²) in [4.78, 5) is 47.6. The normalized spacial score (nSPS) is 23.5. The smallest absolute Gasteiger partial charge is 0.408 e. The molecule has 0 aromatic rings. The Kier molecular flexibility index (Phi) is 6.16. The number of rotatable bonds is 5. The molecule has 1 fully saturated rings. The zero-order valence-electron chi connectivity index (χ0n) is 14.6. The molecule has 0 bridgehead atoms. The number of hydrogen-bond donors (Lipinski definition) is 1. The van der Waals surface area contributed by atoms with Crippen molar-refractivity contribution in [1.29, 1.82) is 0 Å². The van der Waals surface area contributed by atoms with E-state index in [0.29, 0.717) is 0 Å². The van der Waals surface area contributed by atoms with Crippen LogP contribution in [0.3, 0.4) is 0 Å². The topological polar surface area (TPSA) is 117 Å². The van der Waals surface area contributed by atoms with Gasteiger partial charge in [0.05, 0.1) is 33.2 Å². The van der Waals surface area contributed by atoms with Crippen molar-refractivity contribution in [2.45, 2.75) is 32.4 Å². The molecule has 0 radical (unpaired) electrons. The summed E-state index contributed by atoms with van der Waals surface area (Å²) in [5, 5.41) is 2.35. The van der Waals surface area contributed by atoms with Gasteiger partial charge in [0.25, 0.3) is 0 Å². The summed E-state index contributed by atoms with van der Waals surface area (Å²) >= 11 is 0. The van der Waals surface area contributed by atoms with Crippen LogP contribution in [0.25, 0.3) is 0 Å². The predicted molar refractivity (Wildman–Crippen MR) is 79.7 cm³/mol. The van der Waals surface area contributed by atoms with Gasteiger partial charge >= 0.3 is 24.0 Å². The Morgan fingerprint density at radius 1 is 0.875 bits per heavy atom. The van der Waals surface area contributed by atoms with Crippen molar-refractivity contribution >= 4 is 24.0 Å². The largest absolute Gasteiger partial charge is 0.469 e. The highest BCUT2D eigenvalue weighted by Gasteiger charge is 2.65. The van der Waals surface area contributed by atoms with Crippen molar-refractivity contribution in [2.75, 3.05) is 21.3 Å². The SMILES string of the molecule is COC(=O)C1C([C@H](NC(=O)OC(C)(C)C)C(=O)OC)[C@@H]1C(=O)OC. The highest BCUT2D eigenvalue weighted by Crippen LogP contribution is 2.50. The highest BCUT2D eigenvalue weighted by atomic mass is 16.6. The zero-order valence-corrected chi connectivity index (χ0v) is 14.6. The van der Waals surface area contributed by atoms with Crippen LogP contribution >= 0.6 is 0 Å². The average Bonchev–Trinajstić information content (AvgIpc) is 3.23. The number of methoxy groups -OCH3 is 3. The molecule has 24 heavy (non-hydrogen) atoms. The summed E-state index contributed by atoms with van der Waals surface area (Å²) < 4.78 is 19.0. The van der Waals surface area contributed by atoms with Gasteiger partial charge in [-0.25, -0.2) is 9.59 Å². The van der Waals surface area contributed by atoms with E-state index >= 15 is 0 Å². The molecule has 1 N–H and O–H groups in total. The Morgan fingerprint density at radius 3 is 1.67 bits per heavy atom. The third-order valence-electron chi connectivity index (χ3n) is 3.53. The number of amides is 1. The van der Waals surface area contributed by atoms with Crippen LogP contribution in [-0.2, 0) is 33.3 Å². The van der Waals surface area contributed by atoms with E-state index < -0.39 is 53.4 Å². The first kappa shape index (κ1) is 19.7. The van der Waals surface area contributed by atoms with E-state index in [-0.39, 0.29) is 0 Å².